The zero-order valence-electron chi connectivity index (χ0n) is 9.09. The molecule has 2 aliphatic carbocycles. The van der Waals surface area contributed by atoms with E-state index in [1.54, 1.807) is 4.88 Å². The lowest BCUT2D eigenvalue weighted by Gasteiger charge is -2.09. The summed E-state index contributed by atoms with van der Waals surface area (Å²) in [7, 11) is 0. The van der Waals surface area contributed by atoms with Crippen LogP contribution in [0, 0.1) is 0 Å². The van der Waals surface area contributed by atoms with Crippen LogP contribution in [0.2, 0.25) is 0 Å². The molecule has 0 unspecified atom stereocenters. The van der Waals surface area contributed by atoms with Crippen LogP contribution in [-0.2, 0) is 12.8 Å². The molecule has 0 aliphatic heterocycles. The van der Waals surface area contributed by atoms with Crippen molar-refractivity contribution in [3.63, 3.8) is 0 Å². The first kappa shape index (κ1) is 9.64. The van der Waals surface area contributed by atoms with E-state index < -0.39 is 0 Å². The Bertz CT molecular complexity index is 316. The van der Waals surface area contributed by atoms with Crippen molar-refractivity contribution in [2.45, 2.75) is 57.4 Å². The molecule has 1 N–H and O–H groups in total. The molecule has 0 radical (unpaired) electrons. The van der Waals surface area contributed by atoms with Gasteiger partial charge in [0, 0.05) is 10.9 Å². The molecule has 1 aromatic rings. The van der Waals surface area contributed by atoms with Gasteiger partial charge in [0.2, 0.25) is 0 Å². The Balaban J connectivity index is 1.72. The fourth-order valence-corrected chi connectivity index (χ4v) is 3.79. The molecule has 1 heterocycles. The van der Waals surface area contributed by atoms with Crippen LogP contribution in [0.4, 0.5) is 5.13 Å². The van der Waals surface area contributed by atoms with Gasteiger partial charge in [0.15, 0.2) is 5.13 Å². The van der Waals surface area contributed by atoms with E-state index in [-0.39, 0.29) is 0 Å². The van der Waals surface area contributed by atoms with E-state index in [0.29, 0.717) is 6.04 Å². The highest BCUT2D eigenvalue weighted by atomic mass is 32.1. The average molecular weight is 222 g/mol. The third-order valence-electron chi connectivity index (χ3n) is 3.53. The lowest BCUT2D eigenvalue weighted by atomic mass is 10.0. The molecule has 1 saturated carbocycles. The Hall–Kier alpha value is -0.570. The summed E-state index contributed by atoms with van der Waals surface area (Å²) in [6, 6.07) is 0.706. The van der Waals surface area contributed by atoms with Crippen LogP contribution in [0.1, 0.15) is 49.1 Å². The Labute approximate surface area is 95.1 Å². The number of nitrogens with one attached hydrogen (secondary N) is 1. The number of nitrogens with zero attached hydrogens (tertiary/aromatic N) is 1. The minimum absolute atomic E-state index is 0.706. The average Bonchev–Trinajstić information content (AvgIpc) is 2.86. The van der Waals surface area contributed by atoms with E-state index in [9.17, 15) is 0 Å². The lowest BCUT2D eigenvalue weighted by Crippen LogP contribution is -2.14. The maximum absolute atomic E-state index is 4.72. The molecule has 3 heteroatoms. The van der Waals surface area contributed by atoms with Crippen LogP contribution < -0.4 is 5.32 Å². The van der Waals surface area contributed by atoms with Gasteiger partial charge in [-0.1, -0.05) is 12.8 Å². The van der Waals surface area contributed by atoms with Crippen molar-refractivity contribution < 1.29 is 0 Å². The van der Waals surface area contributed by atoms with Crippen LogP contribution in [-0.4, -0.2) is 11.0 Å². The fourth-order valence-electron chi connectivity index (χ4n) is 2.66. The van der Waals surface area contributed by atoms with Crippen molar-refractivity contribution in [3.8, 4) is 0 Å². The Morgan fingerprint density at radius 3 is 2.67 bits per heavy atom. The second-order valence-corrected chi connectivity index (χ2v) is 5.81. The summed E-state index contributed by atoms with van der Waals surface area (Å²) in [6.45, 7) is 0. The normalized spacial score (nSPS) is 21.6. The van der Waals surface area contributed by atoms with Crippen LogP contribution in [0.5, 0.6) is 0 Å². The van der Waals surface area contributed by atoms with Gasteiger partial charge < -0.3 is 5.32 Å². The number of anilines is 1. The van der Waals surface area contributed by atoms with Crippen molar-refractivity contribution in [2.24, 2.45) is 0 Å². The SMILES string of the molecule is C1CCc2sc(NC3CCCC3)nc2C1. The predicted octanol–water partition coefficient (Wildman–Crippen LogP) is 3.38. The van der Waals surface area contributed by atoms with Crippen LogP contribution in [0.25, 0.3) is 0 Å². The van der Waals surface area contributed by atoms with E-state index >= 15 is 0 Å². The van der Waals surface area contributed by atoms with Gasteiger partial charge in [-0.15, -0.1) is 11.3 Å². The maximum Gasteiger partial charge on any atom is 0.183 e. The molecule has 0 spiro atoms. The monoisotopic (exact) mass is 222 g/mol. The standard InChI is InChI=1S/C12H18N2S/c1-2-6-9(5-1)13-12-14-10-7-3-4-8-11(10)15-12/h9H,1-8H2,(H,13,14). The number of aryl methyl sites for hydroxylation is 2. The van der Waals surface area contributed by atoms with Gasteiger partial charge in [-0.25, -0.2) is 4.98 Å². The van der Waals surface area contributed by atoms with Gasteiger partial charge >= 0.3 is 0 Å². The van der Waals surface area contributed by atoms with Crippen molar-refractivity contribution in [3.05, 3.63) is 10.6 Å². The molecule has 0 amide bonds. The third kappa shape index (κ3) is 2.03. The molecule has 0 saturated heterocycles. The van der Waals surface area contributed by atoms with Gasteiger partial charge in [0.05, 0.1) is 5.69 Å². The molecule has 82 valence electrons. The molecular weight excluding hydrogens is 204 g/mol. The zero-order valence-corrected chi connectivity index (χ0v) is 9.91. The zero-order chi connectivity index (χ0) is 10.1. The smallest absolute Gasteiger partial charge is 0.183 e. The Kier molecular flexibility index (Phi) is 2.65. The topological polar surface area (TPSA) is 24.9 Å². The summed E-state index contributed by atoms with van der Waals surface area (Å²) in [4.78, 5) is 6.26. The summed E-state index contributed by atoms with van der Waals surface area (Å²) in [5.74, 6) is 0. The van der Waals surface area contributed by atoms with Crippen molar-refractivity contribution in [1.29, 1.82) is 0 Å². The van der Waals surface area contributed by atoms with Crippen LogP contribution in [0.3, 0.4) is 0 Å². The summed E-state index contributed by atoms with van der Waals surface area (Å²) >= 11 is 1.90. The molecule has 3 rings (SSSR count). The minimum atomic E-state index is 0.706. The summed E-state index contributed by atoms with van der Waals surface area (Å²) < 4.78 is 0. The Morgan fingerprint density at radius 1 is 1.07 bits per heavy atom. The number of rotatable bonds is 2. The van der Waals surface area contributed by atoms with E-state index in [4.69, 9.17) is 4.98 Å². The van der Waals surface area contributed by atoms with Crippen molar-refractivity contribution >= 4 is 16.5 Å². The molecule has 0 bridgehead atoms. The van der Waals surface area contributed by atoms with Gasteiger partial charge in [-0.2, -0.15) is 0 Å². The molecule has 1 aromatic heterocycles. The number of fused-ring (bicyclic) bond motifs is 1. The second kappa shape index (κ2) is 4.12. The fraction of sp³-hybridized carbons (Fsp3) is 0.750. The van der Waals surface area contributed by atoms with E-state index in [1.165, 1.54) is 62.2 Å². The highest BCUT2D eigenvalue weighted by Crippen LogP contribution is 2.31. The van der Waals surface area contributed by atoms with Gasteiger partial charge in [0.25, 0.3) is 0 Å². The quantitative estimate of drug-likeness (QED) is 0.829. The highest BCUT2D eigenvalue weighted by molar-refractivity contribution is 7.15. The van der Waals surface area contributed by atoms with Crippen molar-refractivity contribution in [2.75, 3.05) is 5.32 Å². The molecular formula is C12H18N2S. The first-order valence-electron chi connectivity index (χ1n) is 6.17. The molecule has 2 nitrogen and oxygen atoms in total. The molecule has 1 fully saturated rings. The number of hydrogen-bond acceptors (Lipinski definition) is 3. The first-order valence-corrected chi connectivity index (χ1v) is 6.98. The van der Waals surface area contributed by atoms with E-state index in [0.717, 1.165) is 0 Å². The largest absolute Gasteiger partial charge is 0.359 e. The highest BCUT2D eigenvalue weighted by Gasteiger charge is 2.19. The first-order chi connectivity index (χ1) is 7.42. The number of hydrogen-bond donors (Lipinski definition) is 1. The van der Waals surface area contributed by atoms with Crippen LogP contribution in [0.15, 0.2) is 0 Å². The van der Waals surface area contributed by atoms with Gasteiger partial charge in [-0.05, 0) is 38.5 Å². The molecule has 0 aromatic carbocycles. The number of aromatic nitrogens is 1. The number of thiazole rings is 1. The minimum Gasteiger partial charge on any atom is -0.359 e. The molecule has 2 aliphatic rings. The summed E-state index contributed by atoms with van der Waals surface area (Å²) in [5.41, 5.74) is 1.38. The maximum atomic E-state index is 4.72. The third-order valence-corrected chi connectivity index (χ3v) is 4.62. The van der Waals surface area contributed by atoms with Crippen molar-refractivity contribution in [1.82, 2.24) is 4.98 Å². The lowest BCUT2D eigenvalue weighted by molar-refractivity contribution is 0.681. The Morgan fingerprint density at radius 2 is 1.87 bits per heavy atom. The summed E-state index contributed by atoms with van der Waals surface area (Å²) in [6.07, 6.45) is 10.6. The molecule has 0 atom stereocenters. The van der Waals surface area contributed by atoms with Gasteiger partial charge in [0.1, 0.15) is 0 Å². The predicted molar refractivity (Wildman–Crippen MR) is 64.6 cm³/mol. The molecule has 15 heavy (non-hydrogen) atoms. The summed E-state index contributed by atoms with van der Waals surface area (Å²) in [5, 5.41) is 4.79. The van der Waals surface area contributed by atoms with Gasteiger partial charge in [-0.3, -0.25) is 0 Å². The van der Waals surface area contributed by atoms with E-state index in [2.05, 4.69) is 5.32 Å². The second-order valence-electron chi connectivity index (χ2n) is 4.72. The van der Waals surface area contributed by atoms with E-state index in [1.807, 2.05) is 11.3 Å². The van der Waals surface area contributed by atoms with Crippen LogP contribution >= 0.6 is 11.3 Å².